The highest BCUT2D eigenvalue weighted by Crippen LogP contribution is 2.46. The summed E-state index contributed by atoms with van der Waals surface area (Å²) in [6, 6.07) is 2.16. The number of benzene rings is 1. The van der Waals surface area contributed by atoms with Gasteiger partial charge in [0.2, 0.25) is 5.75 Å². The number of fused-ring (bicyclic) bond motifs is 1. The maximum atomic E-state index is 10.3. The third kappa shape index (κ3) is 2.22. The molecule has 1 N–H and O–H groups in total. The van der Waals surface area contributed by atoms with Crippen molar-refractivity contribution in [2.24, 2.45) is 0 Å². The Kier molecular flexibility index (Phi) is 4.71. The molecular weight excluding hydrogens is 254 g/mol. The molecule has 0 bridgehead atoms. The lowest BCUT2D eigenvalue weighted by Gasteiger charge is -2.33. The molecule has 1 aromatic carbocycles. The van der Waals surface area contributed by atoms with Crippen molar-refractivity contribution in [3.8, 4) is 17.2 Å². The molecule has 4 nitrogen and oxygen atoms in total. The third-order valence-electron chi connectivity index (χ3n) is 3.58. The Bertz CT molecular complexity index is 437. The fourth-order valence-electron chi connectivity index (χ4n) is 2.43. The molecule has 1 aliphatic rings. The van der Waals surface area contributed by atoms with Crippen molar-refractivity contribution >= 4 is 12.4 Å². The molecule has 1 aromatic rings. The number of phenols is 1. The lowest BCUT2D eigenvalue weighted by atomic mass is 9.92. The minimum atomic E-state index is 0. The topological polar surface area (TPSA) is 41.9 Å². The summed E-state index contributed by atoms with van der Waals surface area (Å²) in [5.41, 5.74) is 2.10. The first-order valence-corrected chi connectivity index (χ1v) is 5.77. The van der Waals surface area contributed by atoms with Gasteiger partial charge in [-0.1, -0.05) is 0 Å². The third-order valence-corrected chi connectivity index (χ3v) is 3.58. The summed E-state index contributed by atoms with van der Waals surface area (Å²) in [6.45, 7) is 3.08. The number of ether oxygens (including phenoxy) is 2. The van der Waals surface area contributed by atoms with E-state index in [2.05, 4.69) is 18.9 Å². The van der Waals surface area contributed by atoms with E-state index in [0.717, 1.165) is 24.1 Å². The van der Waals surface area contributed by atoms with E-state index in [0.29, 0.717) is 11.5 Å². The molecular formula is C13H20ClNO3. The predicted molar refractivity (Wildman–Crippen MR) is 73.2 cm³/mol. The van der Waals surface area contributed by atoms with Crippen molar-refractivity contribution in [3.05, 3.63) is 17.2 Å². The fraction of sp³-hybridized carbons (Fsp3) is 0.538. The SMILES string of the molecule is COc1cc2c(c(O)c1OC)C(C)N(C)CC2.Cl. The van der Waals surface area contributed by atoms with Crippen LogP contribution >= 0.6 is 12.4 Å². The molecule has 102 valence electrons. The van der Waals surface area contributed by atoms with E-state index >= 15 is 0 Å². The second-order valence-electron chi connectivity index (χ2n) is 4.44. The Morgan fingerprint density at radius 1 is 1.33 bits per heavy atom. The molecule has 1 heterocycles. The predicted octanol–water partition coefficient (Wildman–Crippen LogP) is 2.38. The van der Waals surface area contributed by atoms with Crippen LogP contribution in [0, 0.1) is 0 Å². The van der Waals surface area contributed by atoms with Crippen LogP contribution in [0.4, 0.5) is 0 Å². The molecule has 0 aliphatic carbocycles. The van der Waals surface area contributed by atoms with Gasteiger partial charge in [0.1, 0.15) is 0 Å². The first kappa shape index (κ1) is 14.9. The summed E-state index contributed by atoms with van der Waals surface area (Å²) < 4.78 is 10.5. The second-order valence-corrected chi connectivity index (χ2v) is 4.44. The fourth-order valence-corrected chi connectivity index (χ4v) is 2.43. The highest BCUT2D eigenvalue weighted by Gasteiger charge is 2.28. The van der Waals surface area contributed by atoms with Crippen LogP contribution in [0.1, 0.15) is 24.1 Å². The van der Waals surface area contributed by atoms with Crippen LogP contribution in [0.2, 0.25) is 0 Å². The van der Waals surface area contributed by atoms with Crippen molar-refractivity contribution in [1.29, 1.82) is 0 Å². The molecule has 5 heteroatoms. The molecule has 0 saturated carbocycles. The summed E-state index contributed by atoms with van der Waals surface area (Å²) >= 11 is 0. The maximum Gasteiger partial charge on any atom is 0.203 e. The Morgan fingerprint density at radius 2 is 2.00 bits per heavy atom. The van der Waals surface area contributed by atoms with Crippen LogP contribution in [-0.2, 0) is 6.42 Å². The second kappa shape index (κ2) is 5.67. The van der Waals surface area contributed by atoms with Gasteiger partial charge in [-0.25, -0.2) is 0 Å². The number of halogens is 1. The van der Waals surface area contributed by atoms with Gasteiger partial charge < -0.3 is 14.6 Å². The molecule has 0 aromatic heterocycles. The number of phenolic OH excluding ortho intramolecular Hbond substituents is 1. The molecule has 0 radical (unpaired) electrons. The van der Waals surface area contributed by atoms with E-state index in [-0.39, 0.29) is 24.2 Å². The van der Waals surface area contributed by atoms with Gasteiger partial charge in [-0.3, -0.25) is 4.90 Å². The number of rotatable bonds is 2. The lowest BCUT2D eigenvalue weighted by Crippen LogP contribution is -2.30. The standard InChI is InChI=1S/C13H19NO3.ClH/c1-8-11-9(5-6-14(8)2)7-10(16-3)13(17-4)12(11)15;/h7-8,15H,5-6H2,1-4H3;1H. The van der Waals surface area contributed by atoms with Crippen molar-refractivity contribution < 1.29 is 14.6 Å². The van der Waals surface area contributed by atoms with E-state index in [4.69, 9.17) is 9.47 Å². The average molecular weight is 274 g/mol. The summed E-state index contributed by atoms with van der Waals surface area (Å²) in [5, 5.41) is 10.3. The quantitative estimate of drug-likeness (QED) is 0.898. The maximum absolute atomic E-state index is 10.3. The molecule has 1 atom stereocenters. The van der Waals surface area contributed by atoms with Gasteiger partial charge in [0, 0.05) is 18.2 Å². The monoisotopic (exact) mass is 273 g/mol. The van der Waals surface area contributed by atoms with Crippen LogP contribution in [0.15, 0.2) is 6.07 Å². The van der Waals surface area contributed by atoms with Crippen molar-refractivity contribution in [1.82, 2.24) is 4.90 Å². The van der Waals surface area contributed by atoms with E-state index < -0.39 is 0 Å². The lowest BCUT2D eigenvalue weighted by molar-refractivity contribution is 0.237. The zero-order valence-electron chi connectivity index (χ0n) is 11.2. The Labute approximate surface area is 114 Å². The molecule has 0 spiro atoms. The van der Waals surface area contributed by atoms with Crippen molar-refractivity contribution in [2.75, 3.05) is 27.8 Å². The Balaban J connectivity index is 0.00000162. The molecule has 0 fully saturated rings. The van der Waals surface area contributed by atoms with Gasteiger partial charge in [0.05, 0.1) is 14.2 Å². The van der Waals surface area contributed by atoms with Crippen LogP contribution in [0.25, 0.3) is 0 Å². The average Bonchev–Trinajstić information content (AvgIpc) is 2.33. The molecule has 18 heavy (non-hydrogen) atoms. The Hall–Kier alpha value is -1.13. The number of nitrogens with zero attached hydrogens (tertiary/aromatic N) is 1. The zero-order chi connectivity index (χ0) is 12.6. The number of likely N-dealkylation sites (N-methyl/N-ethyl adjacent to an activating group) is 1. The van der Waals surface area contributed by atoms with Crippen LogP contribution in [0.5, 0.6) is 17.2 Å². The van der Waals surface area contributed by atoms with E-state index in [9.17, 15) is 5.11 Å². The van der Waals surface area contributed by atoms with Gasteiger partial charge in [-0.15, -0.1) is 12.4 Å². The number of hydrogen-bond donors (Lipinski definition) is 1. The summed E-state index contributed by atoms with van der Waals surface area (Å²) in [4.78, 5) is 2.22. The molecule has 1 aliphatic heterocycles. The molecule has 1 unspecified atom stereocenters. The molecule has 0 saturated heterocycles. The number of methoxy groups -OCH3 is 2. The van der Waals surface area contributed by atoms with Gasteiger partial charge in [-0.05, 0) is 32.0 Å². The van der Waals surface area contributed by atoms with E-state index in [1.165, 1.54) is 0 Å². The first-order valence-electron chi connectivity index (χ1n) is 5.77. The number of aromatic hydroxyl groups is 1. The van der Waals surface area contributed by atoms with Gasteiger partial charge in [0.25, 0.3) is 0 Å². The van der Waals surface area contributed by atoms with Gasteiger partial charge >= 0.3 is 0 Å². The summed E-state index contributed by atoms with van der Waals surface area (Å²) in [7, 11) is 5.19. The van der Waals surface area contributed by atoms with Crippen LogP contribution < -0.4 is 9.47 Å². The molecule has 2 rings (SSSR count). The van der Waals surface area contributed by atoms with Gasteiger partial charge in [0.15, 0.2) is 11.5 Å². The summed E-state index contributed by atoms with van der Waals surface area (Å²) in [6.07, 6.45) is 0.921. The van der Waals surface area contributed by atoms with E-state index in [1.54, 1.807) is 14.2 Å². The highest BCUT2D eigenvalue weighted by molar-refractivity contribution is 5.85. The normalized spacial score (nSPS) is 18.8. The van der Waals surface area contributed by atoms with Crippen molar-refractivity contribution in [3.63, 3.8) is 0 Å². The zero-order valence-corrected chi connectivity index (χ0v) is 12.0. The summed E-state index contributed by atoms with van der Waals surface area (Å²) in [5.74, 6) is 1.23. The Morgan fingerprint density at radius 3 is 2.56 bits per heavy atom. The van der Waals surface area contributed by atoms with Crippen LogP contribution in [0.3, 0.4) is 0 Å². The van der Waals surface area contributed by atoms with Crippen molar-refractivity contribution in [2.45, 2.75) is 19.4 Å². The first-order chi connectivity index (χ1) is 8.10. The van der Waals surface area contributed by atoms with Crippen LogP contribution in [-0.4, -0.2) is 37.8 Å². The number of hydrogen-bond acceptors (Lipinski definition) is 4. The minimum Gasteiger partial charge on any atom is -0.504 e. The largest absolute Gasteiger partial charge is 0.504 e. The molecule has 0 amide bonds. The smallest absolute Gasteiger partial charge is 0.203 e. The van der Waals surface area contributed by atoms with E-state index in [1.807, 2.05) is 6.07 Å². The van der Waals surface area contributed by atoms with Gasteiger partial charge in [-0.2, -0.15) is 0 Å². The highest BCUT2D eigenvalue weighted by atomic mass is 35.5. The minimum absolute atomic E-state index is 0.